The Kier molecular flexibility index (Phi) is 5.57. The van der Waals surface area contributed by atoms with E-state index in [4.69, 9.17) is 0 Å². The van der Waals surface area contributed by atoms with Crippen LogP contribution in [0.15, 0.2) is 24.3 Å². The predicted molar refractivity (Wildman–Crippen MR) is 82.4 cm³/mol. The molecule has 0 amide bonds. The summed E-state index contributed by atoms with van der Waals surface area (Å²) in [6.07, 6.45) is 0. The van der Waals surface area contributed by atoms with Gasteiger partial charge in [-0.15, -0.1) is 0 Å². The highest BCUT2D eigenvalue weighted by Gasteiger charge is 2.16. The number of nitrogens with one attached hydrogen (secondary N) is 1. The summed E-state index contributed by atoms with van der Waals surface area (Å²) in [5, 5.41) is 12.7. The molecule has 2 N–H and O–H groups in total. The van der Waals surface area contributed by atoms with Gasteiger partial charge in [-0.1, -0.05) is 52.0 Å². The Balaban J connectivity index is 2.70. The Morgan fingerprint density at radius 1 is 1.05 bits per heavy atom. The summed E-state index contributed by atoms with van der Waals surface area (Å²) in [6, 6.07) is 9.45. The van der Waals surface area contributed by atoms with Crippen molar-refractivity contribution in [1.82, 2.24) is 5.32 Å². The first-order chi connectivity index (χ1) is 8.75. The number of aliphatic hydroxyl groups is 1. The molecule has 0 heterocycles. The van der Waals surface area contributed by atoms with Crippen molar-refractivity contribution in [3.8, 4) is 0 Å². The van der Waals surface area contributed by atoms with E-state index in [9.17, 15) is 5.11 Å². The molecule has 0 saturated heterocycles. The average molecular weight is 263 g/mol. The van der Waals surface area contributed by atoms with Crippen LogP contribution < -0.4 is 5.32 Å². The molecule has 0 aliphatic carbocycles. The molecule has 3 atom stereocenters. The molecule has 0 radical (unpaired) electrons. The van der Waals surface area contributed by atoms with Crippen molar-refractivity contribution in [2.75, 3.05) is 6.61 Å². The van der Waals surface area contributed by atoms with E-state index < -0.39 is 0 Å². The Bertz CT molecular complexity index is 377. The predicted octanol–water partition coefficient (Wildman–Crippen LogP) is 3.65. The van der Waals surface area contributed by atoms with Crippen LogP contribution in [0.3, 0.4) is 0 Å². The fraction of sp³-hybridized carbons (Fsp3) is 0.647. The molecule has 0 aromatic heterocycles. The van der Waals surface area contributed by atoms with Gasteiger partial charge in [-0.05, 0) is 36.3 Å². The van der Waals surface area contributed by atoms with Crippen molar-refractivity contribution in [2.45, 2.75) is 59.0 Å². The zero-order valence-corrected chi connectivity index (χ0v) is 13.2. The Morgan fingerprint density at radius 2 is 1.58 bits per heavy atom. The minimum absolute atomic E-state index is 0.202. The summed E-state index contributed by atoms with van der Waals surface area (Å²) in [4.78, 5) is 0. The number of rotatable bonds is 5. The average Bonchev–Trinajstić information content (AvgIpc) is 2.36. The van der Waals surface area contributed by atoms with Gasteiger partial charge in [0.25, 0.3) is 0 Å². The van der Waals surface area contributed by atoms with Gasteiger partial charge in [-0.3, -0.25) is 0 Å². The minimum Gasteiger partial charge on any atom is -0.396 e. The fourth-order valence-corrected chi connectivity index (χ4v) is 2.08. The van der Waals surface area contributed by atoms with Gasteiger partial charge < -0.3 is 10.4 Å². The summed E-state index contributed by atoms with van der Waals surface area (Å²) in [6.45, 7) is 13.3. The monoisotopic (exact) mass is 263 g/mol. The second kappa shape index (κ2) is 6.53. The van der Waals surface area contributed by atoms with Crippen molar-refractivity contribution in [3.63, 3.8) is 0 Å². The van der Waals surface area contributed by atoms with Gasteiger partial charge in [0.15, 0.2) is 0 Å². The van der Waals surface area contributed by atoms with Crippen LogP contribution in [0, 0.1) is 5.92 Å². The van der Waals surface area contributed by atoms with Crippen LogP contribution in [0.4, 0.5) is 0 Å². The third kappa shape index (κ3) is 4.63. The zero-order valence-electron chi connectivity index (χ0n) is 13.2. The molecule has 0 aliphatic rings. The van der Waals surface area contributed by atoms with Crippen LogP contribution in [0.1, 0.15) is 58.7 Å². The number of aliphatic hydroxyl groups excluding tert-OH is 1. The molecular formula is C17H29NO. The number of hydrogen-bond acceptors (Lipinski definition) is 2. The minimum atomic E-state index is 0.202. The first kappa shape index (κ1) is 16.2. The van der Waals surface area contributed by atoms with Gasteiger partial charge >= 0.3 is 0 Å². The fourth-order valence-electron chi connectivity index (χ4n) is 2.08. The Hall–Kier alpha value is -0.860. The van der Waals surface area contributed by atoms with E-state index in [0.29, 0.717) is 12.1 Å². The molecule has 1 rings (SSSR count). The van der Waals surface area contributed by atoms with E-state index >= 15 is 0 Å². The van der Waals surface area contributed by atoms with Crippen molar-refractivity contribution in [1.29, 1.82) is 0 Å². The molecule has 2 heteroatoms. The highest BCUT2D eigenvalue weighted by molar-refractivity contribution is 5.29. The summed E-state index contributed by atoms with van der Waals surface area (Å²) >= 11 is 0. The third-order valence-electron chi connectivity index (χ3n) is 3.93. The van der Waals surface area contributed by atoms with E-state index in [1.54, 1.807) is 0 Å². The lowest BCUT2D eigenvalue weighted by Crippen LogP contribution is -2.35. The van der Waals surface area contributed by atoms with Crippen molar-refractivity contribution in [3.05, 3.63) is 35.4 Å². The van der Waals surface area contributed by atoms with Gasteiger partial charge in [0.2, 0.25) is 0 Å². The molecule has 0 bridgehead atoms. The molecule has 0 spiro atoms. The van der Waals surface area contributed by atoms with Gasteiger partial charge in [0, 0.05) is 18.7 Å². The van der Waals surface area contributed by atoms with E-state index in [1.807, 2.05) is 0 Å². The topological polar surface area (TPSA) is 32.3 Å². The molecule has 108 valence electrons. The molecule has 0 saturated carbocycles. The molecule has 3 unspecified atom stereocenters. The largest absolute Gasteiger partial charge is 0.396 e. The van der Waals surface area contributed by atoms with Crippen LogP contribution in [0.5, 0.6) is 0 Å². The smallest absolute Gasteiger partial charge is 0.0471 e. The molecule has 1 aromatic rings. The molecule has 19 heavy (non-hydrogen) atoms. The summed E-state index contributed by atoms with van der Waals surface area (Å²) in [5.41, 5.74) is 2.86. The lowest BCUT2D eigenvalue weighted by atomic mass is 9.86. The van der Waals surface area contributed by atoms with Crippen LogP contribution in [-0.2, 0) is 5.41 Å². The molecule has 2 nitrogen and oxygen atoms in total. The second-order valence-electron chi connectivity index (χ2n) is 6.71. The number of benzene rings is 1. The lowest BCUT2D eigenvalue weighted by Gasteiger charge is -2.25. The van der Waals surface area contributed by atoms with Gasteiger partial charge in [-0.2, -0.15) is 0 Å². The Labute approximate surface area is 118 Å². The van der Waals surface area contributed by atoms with Gasteiger partial charge in [0.05, 0.1) is 0 Å². The summed E-state index contributed by atoms with van der Waals surface area (Å²) in [7, 11) is 0. The van der Waals surface area contributed by atoms with E-state index in [0.717, 1.165) is 0 Å². The van der Waals surface area contributed by atoms with E-state index in [1.165, 1.54) is 11.1 Å². The molecule has 0 aliphatic heterocycles. The first-order valence-corrected chi connectivity index (χ1v) is 7.23. The highest BCUT2D eigenvalue weighted by atomic mass is 16.3. The maximum absolute atomic E-state index is 9.17. The zero-order chi connectivity index (χ0) is 14.6. The van der Waals surface area contributed by atoms with Crippen LogP contribution in [-0.4, -0.2) is 17.8 Å². The summed E-state index contributed by atoms with van der Waals surface area (Å²) < 4.78 is 0. The third-order valence-corrected chi connectivity index (χ3v) is 3.93. The molecule has 0 fully saturated rings. The molecule has 1 aromatic carbocycles. The van der Waals surface area contributed by atoms with Gasteiger partial charge in [-0.25, -0.2) is 0 Å². The van der Waals surface area contributed by atoms with Gasteiger partial charge in [0.1, 0.15) is 0 Å². The van der Waals surface area contributed by atoms with Crippen LogP contribution >= 0.6 is 0 Å². The maximum Gasteiger partial charge on any atom is 0.0471 e. The van der Waals surface area contributed by atoms with Crippen molar-refractivity contribution >= 4 is 0 Å². The lowest BCUT2D eigenvalue weighted by molar-refractivity contribution is 0.202. The first-order valence-electron chi connectivity index (χ1n) is 7.23. The highest BCUT2D eigenvalue weighted by Crippen LogP contribution is 2.24. The second-order valence-corrected chi connectivity index (χ2v) is 6.71. The van der Waals surface area contributed by atoms with Crippen LogP contribution in [0.2, 0.25) is 0 Å². The standard InChI is InChI=1S/C17H29NO/c1-12(11-19)13(2)18-14(3)15-7-9-16(10-8-15)17(4,5)6/h7-10,12-14,18-19H,11H2,1-6H3. The SMILES string of the molecule is CC(NC(C)C(C)CO)c1ccc(C(C)(C)C)cc1. The molecular weight excluding hydrogens is 234 g/mol. The number of hydrogen-bond donors (Lipinski definition) is 2. The Morgan fingerprint density at radius 3 is 2.00 bits per heavy atom. The van der Waals surface area contributed by atoms with Crippen molar-refractivity contribution in [2.24, 2.45) is 5.92 Å². The van der Waals surface area contributed by atoms with E-state index in [2.05, 4.69) is 71.1 Å². The van der Waals surface area contributed by atoms with Crippen molar-refractivity contribution < 1.29 is 5.11 Å². The normalized spacial score (nSPS) is 17.0. The van der Waals surface area contributed by atoms with E-state index in [-0.39, 0.29) is 17.9 Å². The summed E-state index contributed by atoms with van der Waals surface area (Å²) in [5.74, 6) is 0.274. The maximum atomic E-state index is 9.17. The van der Waals surface area contributed by atoms with Crippen LogP contribution in [0.25, 0.3) is 0 Å². The quantitative estimate of drug-likeness (QED) is 0.850.